The fourth-order valence-corrected chi connectivity index (χ4v) is 2.37. The van der Waals surface area contributed by atoms with Crippen molar-refractivity contribution in [1.29, 1.82) is 0 Å². The van der Waals surface area contributed by atoms with Crippen LogP contribution in [0.15, 0.2) is 42.5 Å². The Bertz CT molecular complexity index is 693. The van der Waals surface area contributed by atoms with Crippen molar-refractivity contribution >= 4 is 18.4 Å². The molecule has 114 valence electrons. The lowest BCUT2D eigenvalue weighted by atomic mass is 9.81. The van der Waals surface area contributed by atoms with Gasteiger partial charge in [-0.2, -0.15) is 0 Å². The van der Waals surface area contributed by atoms with Gasteiger partial charge in [-0.25, -0.2) is 0 Å². The summed E-state index contributed by atoms with van der Waals surface area (Å²) in [5.74, 6) is 0. The monoisotopic (exact) mass is 292 g/mol. The molecule has 0 heterocycles. The minimum Gasteiger partial charge on any atom is -0.298 e. The van der Waals surface area contributed by atoms with Crippen LogP contribution in [0.25, 0.3) is 12.2 Å². The Kier molecular flexibility index (Phi) is 4.97. The molecule has 0 fully saturated rings. The van der Waals surface area contributed by atoms with Gasteiger partial charge in [0.25, 0.3) is 0 Å². The molecule has 0 bridgehead atoms. The Morgan fingerprint density at radius 3 is 2.41 bits per heavy atom. The van der Waals surface area contributed by atoms with Gasteiger partial charge in [0.05, 0.1) is 0 Å². The van der Waals surface area contributed by atoms with Gasteiger partial charge in [-0.3, -0.25) is 4.79 Å². The predicted molar refractivity (Wildman–Crippen MR) is 95.3 cm³/mol. The van der Waals surface area contributed by atoms with E-state index in [2.05, 4.69) is 58.0 Å². The zero-order chi connectivity index (χ0) is 16.2. The van der Waals surface area contributed by atoms with Gasteiger partial charge in [0.2, 0.25) is 0 Å². The molecule has 0 amide bonds. The van der Waals surface area contributed by atoms with E-state index in [1.165, 1.54) is 16.7 Å². The van der Waals surface area contributed by atoms with Gasteiger partial charge in [0, 0.05) is 5.56 Å². The SMILES string of the molecule is CCC(C)(C)c1ccc(C)c(C=Cc2cccc(C=O)c2)c1. The van der Waals surface area contributed by atoms with Crippen LogP contribution in [0.4, 0.5) is 0 Å². The van der Waals surface area contributed by atoms with E-state index in [0.717, 1.165) is 18.3 Å². The topological polar surface area (TPSA) is 17.1 Å². The quantitative estimate of drug-likeness (QED) is 0.513. The predicted octanol–water partition coefficient (Wildman–Crippen LogP) is 5.67. The van der Waals surface area contributed by atoms with Crippen LogP contribution in [-0.4, -0.2) is 6.29 Å². The molecule has 0 aliphatic carbocycles. The van der Waals surface area contributed by atoms with Crippen molar-refractivity contribution in [3.8, 4) is 0 Å². The lowest BCUT2D eigenvalue weighted by Gasteiger charge is -2.24. The summed E-state index contributed by atoms with van der Waals surface area (Å²) >= 11 is 0. The van der Waals surface area contributed by atoms with Crippen molar-refractivity contribution in [2.24, 2.45) is 0 Å². The minimum atomic E-state index is 0.188. The van der Waals surface area contributed by atoms with Crippen molar-refractivity contribution in [3.05, 3.63) is 70.3 Å². The second-order valence-electron chi connectivity index (χ2n) is 6.43. The summed E-state index contributed by atoms with van der Waals surface area (Å²) in [5.41, 5.74) is 5.80. The number of aldehydes is 1. The number of hydrogen-bond acceptors (Lipinski definition) is 1. The van der Waals surface area contributed by atoms with E-state index in [4.69, 9.17) is 0 Å². The smallest absolute Gasteiger partial charge is 0.150 e. The van der Waals surface area contributed by atoms with Crippen LogP contribution >= 0.6 is 0 Å². The van der Waals surface area contributed by atoms with Crippen molar-refractivity contribution in [1.82, 2.24) is 0 Å². The standard InChI is InChI=1S/C21H24O/c1-5-21(3,4)20-12-9-16(2)19(14-20)11-10-17-7-6-8-18(13-17)15-22/h6-15H,5H2,1-4H3. The summed E-state index contributed by atoms with van der Waals surface area (Å²) in [5, 5.41) is 0. The van der Waals surface area contributed by atoms with E-state index in [9.17, 15) is 4.79 Å². The fraction of sp³-hybridized carbons (Fsp3) is 0.286. The maximum atomic E-state index is 10.9. The molecule has 0 saturated heterocycles. The molecule has 0 unspecified atom stereocenters. The lowest BCUT2D eigenvalue weighted by molar-refractivity contribution is 0.112. The lowest BCUT2D eigenvalue weighted by Crippen LogP contribution is -2.15. The highest BCUT2D eigenvalue weighted by atomic mass is 16.1. The van der Waals surface area contributed by atoms with Gasteiger partial charge in [-0.1, -0.05) is 69.3 Å². The first kappa shape index (κ1) is 16.2. The van der Waals surface area contributed by atoms with Crippen LogP contribution in [-0.2, 0) is 5.41 Å². The average Bonchev–Trinajstić information content (AvgIpc) is 2.54. The summed E-state index contributed by atoms with van der Waals surface area (Å²) in [4.78, 5) is 10.9. The molecule has 0 radical (unpaired) electrons. The molecule has 0 N–H and O–H groups in total. The number of carbonyl (C=O) groups excluding carboxylic acids is 1. The van der Waals surface area contributed by atoms with Gasteiger partial charge >= 0.3 is 0 Å². The fourth-order valence-electron chi connectivity index (χ4n) is 2.37. The third-order valence-corrected chi connectivity index (χ3v) is 4.45. The van der Waals surface area contributed by atoms with Gasteiger partial charge in [-0.15, -0.1) is 0 Å². The molecular formula is C21H24O. The largest absolute Gasteiger partial charge is 0.298 e. The summed E-state index contributed by atoms with van der Waals surface area (Å²) < 4.78 is 0. The van der Waals surface area contributed by atoms with Crippen LogP contribution in [0.5, 0.6) is 0 Å². The second-order valence-corrected chi connectivity index (χ2v) is 6.43. The van der Waals surface area contributed by atoms with Crippen molar-refractivity contribution < 1.29 is 4.79 Å². The highest BCUT2D eigenvalue weighted by molar-refractivity contribution is 5.78. The van der Waals surface area contributed by atoms with Crippen molar-refractivity contribution in [2.45, 2.75) is 39.5 Å². The van der Waals surface area contributed by atoms with E-state index >= 15 is 0 Å². The third-order valence-electron chi connectivity index (χ3n) is 4.45. The number of rotatable bonds is 5. The summed E-state index contributed by atoms with van der Waals surface area (Å²) in [7, 11) is 0. The van der Waals surface area contributed by atoms with E-state index in [-0.39, 0.29) is 5.41 Å². The minimum absolute atomic E-state index is 0.188. The Labute approximate surface area is 133 Å². The van der Waals surface area contributed by atoms with E-state index in [1.54, 1.807) is 0 Å². The molecule has 22 heavy (non-hydrogen) atoms. The zero-order valence-corrected chi connectivity index (χ0v) is 13.9. The maximum Gasteiger partial charge on any atom is 0.150 e. The number of aryl methyl sites for hydroxylation is 1. The van der Waals surface area contributed by atoms with Gasteiger partial charge in [0.1, 0.15) is 6.29 Å². The van der Waals surface area contributed by atoms with Gasteiger partial charge in [0.15, 0.2) is 0 Å². The molecule has 2 aromatic rings. The van der Waals surface area contributed by atoms with E-state index in [1.807, 2.05) is 24.3 Å². The normalized spacial score (nSPS) is 11.8. The Hall–Kier alpha value is -2.15. The van der Waals surface area contributed by atoms with Crippen LogP contribution in [0.3, 0.4) is 0 Å². The van der Waals surface area contributed by atoms with Gasteiger partial charge in [-0.05, 0) is 47.1 Å². The highest BCUT2D eigenvalue weighted by Gasteiger charge is 2.18. The van der Waals surface area contributed by atoms with Crippen molar-refractivity contribution in [3.63, 3.8) is 0 Å². The number of hydrogen-bond donors (Lipinski definition) is 0. The van der Waals surface area contributed by atoms with Crippen molar-refractivity contribution in [2.75, 3.05) is 0 Å². The summed E-state index contributed by atoms with van der Waals surface area (Å²) in [6.45, 7) is 8.90. The molecule has 0 aliphatic heterocycles. The van der Waals surface area contributed by atoms with Gasteiger partial charge < -0.3 is 0 Å². The Morgan fingerprint density at radius 1 is 1.00 bits per heavy atom. The Morgan fingerprint density at radius 2 is 1.73 bits per heavy atom. The average molecular weight is 292 g/mol. The zero-order valence-electron chi connectivity index (χ0n) is 13.9. The summed E-state index contributed by atoms with van der Waals surface area (Å²) in [6.07, 6.45) is 6.19. The van der Waals surface area contributed by atoms with Crippen LogP contribution in [0.1, 0.15) is 59.8 Å². The molecule has 0 atom stereocenters. The first-order valence-electron chi connectivity index (χ1n) is 7.81. The Balaban J connectivity index is 2.34. The molecule has 0 aromatic heterocycles. The highest BCUT2D eigenvalue weighted by Crippen LogP contribution is 2.28. The molecule has 1 nitrogen and oxygen atoms in total. The second kappa shape index (κ2) is 6.74. The molecule has 2 aromatic carbocycles. The first-order chi connectivity index (χ1) is 10.5. The van der Waals surface area contributed by atoms with E-state index in [0.29, 0.717) is 5.56 Å². The third kappa shape index (κ3) is 3.73. The van der Waals surface area contributed by atoms with Crippen LogP contribution in [0, 0.1) is 6.92 Å². The molecule has 0 spiro atoms. The maximum absolute atomic E-state index is 10.9. The van der Waals surface area contributed by atoms with E-state index < -0.39 is 0 Å². The molecular weight excluding hydrogens is 268 g/mol. The van der Waals surface area contributed by atoms with Crippen LogP contribution < -0.4 is 0 Å². The number of benzene rings is 2. The summed E-state index contributed by atoms with van der Waals surface area (Å²) in [6, 6.07) is 14.3. The van der Waals surface area contributed by atoms with Crippen LogP contribution in [0.2, 0.25) is 0 Å². The number of carbonyl (C=O) groups is 1. The molecule has 0 saturated carbocycles. The molecule has 0 aliphatic rings. The molecule has 1 heteroatoms. The first-order valence-corrected chi connectivity index (χ1v) is 7.81. The molecule has 2 rings (SSSR count).